The molecule has 0 aliphatic heterocycles. The van der Waals surface area contributed by atoms with Gasteiger partial charge in [-0.15, -0.1) is 0 Å². The van der Waals surface area contributed by atoms with Crippen molar-refractivity contribution in [2.75, 3.05) is 18.5 Å². The van der Waals surface area contributed by atoms with E-state index in [2.05, 4.69) is 15.0 Å². The number of ether oxygens (including phenoxy) is 1. The van der Waals surface area contributed by atoms with Crippen LogP contribution in [0.3, 0.4) is 0 Å². The lowest BCUT2D eigenvalue weighted by atomic mass is 10.4. The zero-order chi connectivity index (χ0) is 19.2. The largest absolute Gasteiger partial charge is 0.455 e. The van der Waals surface area contributed by atoms with Crippen LogP contribution in [-0.4, -0.2) is 38.4 Å². The fraction of sp³-hybridized carbons (Fsp3) is 0.133. The average Bonchev–Trinajstić information content (AvgIpc) is 2.60. The minimum Gasteiger partial charge on any atom is -0.455 e. The first-order valence-corrected chi connectivity index (χ1v) is 8.96. The highest BCUT2D eigenvalue weighted by molar-refractivity contribution is 7.89. The van der Waals surface area contributed by atoms with Gasteiger partial charge in [-0.25, -0.2) is 17.8 Å². The van der Waals surface area contributed by atoms with Crippen LogP contribution in [0.1, 0.15) is 0 Å². The third kappa shape index (κ3) is 5.48. The Kier molecular flexibility index (Phi) is 6.61. The Morgan fingerprint density at radius 1 is 1.19 bits per heavy atom. The van der Waals surface area contributed by atoms with Gasteiger partial charge < -0.3 is 10.1 Å². The Morgan fingerprint density at radius 3 is 2.62 bits per heavy atom. The van der Waals surface area contributed by atoms with Crippen LogP contribution in [0, 0.1) is 5.82 Å². The van der Waals surface area contributed by atoms with E-state index in [1.165, 1.54) is 24.4 Å². The summed E-state index contributed by atoms with van der Waals surface area (Å²) in [6.07, 6.45) is 1.43. The molecule has 0 unspecified atom stereocenters. The third-order valence-electron chi connectivity index (χ3n) is 2.93. The number of benzene rings is 1. The van der Waals surface area contributed by atoms with E-state index in [4.69, 9.17) is 11.6 Å². The first-order valence-electron chi connectivity index (χ1n) is 7.10. The predicted octanol–water partition coefficient (Wildman–Crippen LogP) is 1.33. The number of carbonyl (C=O) groups is 2. The number of nitrogens with zero attached hydrogens (tertiary/aromatic N) is 1. The number of nitrogens with one attached hydrogen (secondary N) is 2. The molecule has 26 heavy (non-hydrogen) atoms. The van der Waals surface area contributed by atoms with E-state index in [1.807, 2.05) is 4.72 Å². The van der Waals surface area contributed by atoms with Gasteiger partial charge in [-0.05, 0) is 24.3 Å². The van der Waals surface area contributed by atoms with E-state index < -0.39 is 45.8 Å². The van der Waals surface area contributed by atoms with Gasteiger partial charge in [0.2, 0.25) is 10.0 Å². The number of esters is 1. The lowest BCUT2D eigenvalue weighted by Gasteiger charge is -2.09. The molecular formula is C15H13ClFN3O5S. The molecule has 0 aliphatic carbocycles. The minimum atomic E-state index is -4.23. The molecule has 2 rings (SSSR count). The smallest absolute Gasteiger partial charge is 0.321 e. The lowest BCUT2D eigenvalue weighted by molar-refractivity contribution is -0.146. The van der Waals surface area contributed by atoms with Crippen LogP contribution in [0.2, 0.25) is 5.15 Å². The van der Waals surface area contributed by atoms with Gasteiger partial charge in [0.15, 0.2) is 11.8 Å². The van der Waals surface area contributed by atoms with E-state index in [-0.39, 0.29) is 10.8 Å². The topological polar surface area (TPSA) is 114 Å². The minimum absolute atomic E-state index is 0.0600. The van der Waals surface area contributed by atoms with Crippen molar-refractivity contribution in [2.45, 2.75) is 4.90 Å². The predicted molar refractivity (Wildman–Crippen MR) is 90.4 cm³/mol. The van der Waals surface area contributed by atoms with E-state index >= 15 is 0 Å². The van der Waals surface area contributed by atoms with E-state index in [0.717, 1.165) is 12.1 Å². The molecule has 0 radical (unpaired) electrons. The number of pyridine rings is 1. The summed E-state index contributed by atoms with van der Waals surface area (Å²) in [5.41, 5.74) is 0.232. The van der Waals surface area contributed by atoms with Crippen LogP contribution in [0.15, 0.2) is 47.5 Å². The second-order valence-electron chi connectivity index (χ2n) is 4.81. The number of amides is 1. The molecular weight excluding hydrogens is 389 g/mol. The number of carbonyl (C=O) groups excluding carboxylic acids is 2. The number of anilines is 1. The van der Waals surface area contributed by atoms with Crippen molar-refractivity contribution in [3.8, 4) is 0 Å². The maximum Gasteiger partial charge on any atom is 0.321 e. The van der Waals surface area contributed by atoms with Crippen LogP contribution in [0.5, 0.6) is 0 Å². The number of sulfonamides is 1. The van der Waals surface area contributed by atoms with Crippen LogP contribution in [-0.2, 0) is 24.3 Å². The number of aromatic nitrogens is 1. The van der Waals surface area contributed by atoms with Crippen molar-refractivity contribution < 1.29 is 27.1 Å². The monoisotopic (exact) mass is 401 g/mol. The van der Waals surface area contributed by atoms with E-state index in [0.29, 0.717) is 0 Å². The Bertz CT molecular complexity index is 923. The summed E-state index contributed by atoms with van der Waals surface area (Å²) in [4.78, 5) is 26.4. The van der Waals surface area contributed by atoms with Crippen LogP contribution in [0.4, 0.5) is 10.1 Å². The standard InChI is InChI=1S/C15H13ClFN3O5S/c16-15-11(5-3-7-18-15)20-13(21)9-25-14(22)8-19-26(23,24)12-6-2-1-4-10(12)17/h1-7,19H,8-9H2,(H,20,21). The molecule has 0 spiro atoms. The maximum atomic E-state index is 13.5. The summed E-state index contributed by atoms with van der Waals surface area (Å²) in [6.45, 7) is -1.43. The fourth-order valence-electron chi connectivity index (χ4n) is 1.76. The average molecular weight is 402 g/mol. The Labute approximate surface area is 153 Å². The Hall–Kier alpha value is -2.56. The fourth-order valence-corrected chi connectivity index (χ4v) is 2.97. The molecule has 11 heteroatoms. The van der Waals surface area contributed by atoms with Gasteiger partial charge in [0.05, 0.1) is 5.69 Å². The molecule has 1 aromatic heterocycles. The first-order chi connectivity index (χ1) is 12.3. The molecule has 1 heterocycles. The molecule has 1 aromatic carbocycles. The van der Waals surface area contributed by atoms with Crippen LogP contribution in [0.25, 0.3) is 0 Å². The molecule has 8 nitrogen and oxygen atoms in total. The van der Waals surface area contributed by atoms with Crippen molar-refractivity contribution in [3.05, 3.63) is 53.6 Å². The maximum absolute atomic E-state index is 13.5. The highest BCUT2D eigenvalue weighted by atomic mass is 35.5. The van der Waals surface area contributed by atoms with Crippen LogP contribution < -0.4 is 10.0 Å². The third-order valence-corrected chi connectivity index (χ3v) is 4.67. The zero-order valence-electron chi connectivity index (χ0n) is 13.1. The molecule has 0 fully saturated rings. The van der Waals surface area contributed by atoms with Crippen molar-refractivity contribution in [2.24, 2.45) is 0 Å². The molecule has 0 aliphatic rings. The number of rotatable bonds is 7. The van der Waals surface area contributed by atoms with E-state index in [9.17, 15) is 22.4 Å². The second-order valence-corrected chi connectivity index (χ2v) is 6.90. The molecule has 138 valence electrons. The highest BCUT2D eigenvalue weighted by Gasteiger charge is 2.20. The summed E-state index contributed by atoms with van der Waals surface area (Å²) in [7, 11) is -4.23. The molecule has 1 amide bonds. The normalized spacial score (nSPS) is 11.0. The summed E-state index contributed by atoms with van der Waals surface area (Å²) in [5.74, 6) is -2.66. The van der Waals surface area contributed by atoms with Crippen LogP contribution >= 0.6 is 11.6 Å². The number of halogens is 2. The quantitative estimate of drug-likeness (QED) is 0.534. The SMILES string of the molecule is O=C(COC(=O)CNS(=O)(=O)c1ccccc1F)Nc1cccnc1Cl. The molecule has 0 saturated heterocycles. The Morgan fingerprint density at radius 2 is 1.92 bits per heavy atom. The van der Waals surface area contributed by atoms with Gasteiger partial charge in [-0.2, -0.15) is 4.72 Å². The number of hydrogen-bond acceptors (Lipinski definition) is 6. The zero-order valence-corrected chi connectivity index (χ0v) is 14.7. The first kappa shape index (κ1) is 19.8. The van der Waals surface area contributed by atoms with Gasteiger partial charge in [0.1, 0.15) is 17.3 Å². The van der Waals surface area contributed by atoms with Gasteiger partial charge in [0.25, 0.3) is 5.91 Å². The van der Waals surface area contributed by atoms with Crippen molar-refractivity contribution in [1.29, 1.82) is 0 Å². The van der Waals surface area contributed by atoms with E-state index in [1.54, 1.807) is 6.07 Å². The van der Waals surface area contributed by atoms with Crippen molar-refractivity contribution >= 4 is 39.2 Å². The molecule has 2 N–H and O–H groups in total. The molecule has 2 aromatic rings. The van der Waals surface area contributed by atoms with Gasteiger partial charge in [-0.3, -0.25) is 9.59 Å². The highest BCUT2D eigenvalue weighted by Crippen LogP contribution is 2.17. The van der Waals surface area contributed by atoms with Crippen molar-refractivity contribution in [1.82, 2.24) is 9.71 Å². The number of hydrogen-bond donors (Lipinski definition) is 2. The summed E-state index contributed by atoms with van der Waals surface area (Å²) in [6, 6.07) is 7.73. The Balaban J connectivity index is 1.83. The molecule has 0 bridgehead atoms. The van der Waals surface area contributed by atoms with Gasteiger partial charge >= 0.3 is 5.97 Å². The van der Waals surface area contributed by atoms with Crippen molar-refractivity contribution in [3.63, 3.8) is 0 Å². The lowest BCUT2D eigenvalue weighted by Crippen LogP contribution is -2.32. The van der Waals surface area contributed by atoms with Gasteiger partial charge in [-0.1, -0.05) is 23.7 Å². The van der Waals surface area contributed by atoms with Gasteiger partial charge in [0, 0.05) is 6.20 Å². The second kappa shape index (κ2) is 8.70. The molecule has 0 saturated carbocycles. The summed E-state index contributed by atoms with van der Waals surface area (Å²) >= 11 is 5.76. The summed E-state index contributed by atoms with van der Waals surface area (Å²) in [5, 5.41) is 2.43. The summed E-state index contributed by atoms with van der Waals surface area (Å²) < 4.78 is 43.9. The molecule has 0 atom stereocenters.